The van der Waals surface area contributed by atoms with Crippen molar-refractivity contribution in [1.82, 2.24) is 0 Å². The maximum Gasteiger partial charge on any atom is -1.00 e. The number of halogens is 2. The van der Waals surface area contributed by atoms with Gasteiger partial charge in [-0.15, -0.1) is 0 Å². The first-order chi connectivity index (χ1) is 26.8. The Morgan fingerprint density at radius 3 is 0.831 bits per heavy atom. The second-order valence-electron chi connectivity index (χ2n) is 19.0. The minimum absolute atomic E-state index is 0. The quantitative estimate of drug-likeness (QED) is 0.163. The van der Waals surface area contributed by atoms with Crippen LogP contribution in [0.5, 0.6) is 11.5 Å². The van der Waals surface area contributed by atoms with Crippen LogP contribution in [-0.2, 0) is 45.8 Å². The van der Waals surface area contributed by atoms with E-state index >= 15 is 0 Å². The summed E-state index contributed by atoms with van der Waals surface area (Å²) in [5.74, 6) is 2.00. The summed E-state index contributed by atoms with van der Waals surface area (Å²) in [6.45, 7) is 27.8. The van der Waals surface area contributed by atoms with Crippen molar-refractivity contribution in [2.75, 3.05) is 0 Å². The van der Waals surface area contributed by atoms with Crippen molar-refractivity contribution < 1.29 is 54.6 Å². The first kappa shape index (κ1) is 48.9. The van der Waals surface area contributed by atoms with E-state index in [0.29, 0.717) is 0 Å². The van der Waals surface area contributed by atoms with Crippen LogP contribution in [0, 0.1) is 0 Å². The van der Waals surface area contributed by atoms with Crippen LogP contribution in [-0.4, -0.2) is 0 Å². The van der Waals surface area contributed by atoms with Gasteiger partial charge in [0.05, 0.1) is 0 Å². The Hall–Kier alpha value is -2.76. The van der Waals surface area contributed by atoms with Crippen LogP contribution >= 0.6 is 15.8 Å². The second-order valence-corrected chi connectivity index (χ2v) is 24.8. The molecule has 0 spiro atoms. The summed E-state index contributed by atoms with van der Waals surface area (Å²) < 4.78 is 14.7. The number of rotatable bonds is 10. The van der Waals surface area contributed by atoms with E-state index in [0.717, 1.165) is 11.5 Å². The molecule has 59 heavy (non-hydrogen) atoms. The Morgan fingerprint density at radius 2 is 0.610 bits per heavy atom. The Labute approximate surface area is 383 Å². The Bertz CT molecular complexity index is 2020. The first-order valence-corrected chi connectivity index (χ1v) is 24.8. The van der Waals surface area contributed by atoms with E-state index in [1.165, 1.54) is 54.1 Å². The zero-order valence-electron chi connectivity index (χ0n) is 36.8. The molecule has 0 N–H and O–H groups in total. The van der Waals surface area contributed by atoms with Gasteiger partial charge in [-0.05, 0) is 0 Å². The molecule has 0 saturated carbocycles. The molecule has 0 aromatic heterocycles. The van der Waals surface area contributed by atoms with E-state index < -0.39 is 40.0 Å². The van der Waals surface area contributed by atoms with Gasteiger partial charge >= 0.3 is 362 Å². The van der Waals surface area contributed by atoms with Crippen LogP contribution in [0.4, 0.5) is 0 Å². The van der Waals surface area contributed by atoms with Crippen LogP contribution in [0.25, 0.3) is 0 Å². The minimum atomic E-state index is -2.03. The topological polar surface area (TPSA) is 18.5 Å². The summed E-state index contributed by atoms with van der Waals surface area (Å²) in [7, 11) is -1.87. The Kier molecular flexibility index (Phi) is 16.5. The average Bonchev–Trinajstić information content (AvgIpc) is 3.16. The molecule has 6 rings (SSSR count). The summed E-state index contributed by atoms with van der Waals surface area (Å²) >= 11 is -2.03. The Morgan fingerprint density at radius 1 is 0.356 bits per heavy atom. The van der Waals surface area contributed by atoms with Gasteiger partial charge in [0.25, 0.3) is 0 Å². The van der Waals surface area contributed by atoms with Gasteiger partial charge in [0.1, 0.15) is 0 Å². The Balaban J connectivity index is 0.00000384. The zero-order chi connectivity index (χ0) is 41.2. The third kappa shape index (κ3) is 11.8. The van der Waals surface area contributed by atoms with Crippen molar-refractivity contribution in [2.45, 2.75) is 105 Å². The molecule has 0 atom stereocenters. The molecule has 2 nitrogen and oxygen atoms in total. The van der Waals surface area contributed by atoms with E-state index in [2.05, 4.69) is 229 Å². The monoisotopic (exact) mass is 938 g/mol. The van der Waals surface area contributed by atoms with Crippen molar-refractivity contribution in [3.05, 3.63) is 168 Å². The molecular weight excluding hydrogens is 881 g/mol. The molecule has 0 radical (unpaired) electrons. The first-order valence-electron chi connectivity index (χ1n) is 20.1. The van der Waals surface area contributed by atoms with E-state index in [4.69, 9.17) is 5.63 Å². The molecular formula is C52H60Cl2O2P2Zr. The number of benzene rings is 6. The normalized spacial score (nSPS) is 12.0. The minimum Gasteiger partial charge on any atom is -1.00 e. The summed E-state index contributed by atoms with van der Waals surface area (Å²) in [4.78, 5) is 0. The molecule has 0 bridgehead atoms. The summed E-state index contributed by atoms with van der Waals surface area (Å²) in [5, 5.41) is 7.78. The zero-order valence-corrected chi connectivity index (χ0v) is 42.6. The molecule has 308 valence electrons. The van der Waals surface area contributed by atoms with Crippen molar-refractivity contribution in [3.8, 4) is 11.5 Å². The molecule has 0 amide bonds. The summed E-state index contributed by atoms with van der Waals surface area (Å²) in [5.41, 5.74) is 4.71. The fourth-order valence-corrected chi connectivity index (χ4v) is 13.9. The molecule has 0 fully saturated rings. The van der Waals surface area contributed by atoms with E-state index in [1.54, 1.807) is 0 Å². The summed E-state index contributed by atoms with van der Waals surface area (Å²) in [6.07, 6.45) is 0. The predicted octanol–water partition coefficient (Wildman–Crippen LogP) is 5.77. The molecule has 0 unspecified atom stereocenters. The maximum absolute atomic E-state index is 7.37. The van der Waals surface area contributed by atoms with Crippen LogP contribution < -0.4 is 62.3 Å². The molecule has 0 saturated heterocycles. The third-order valence-corrected chi connectivity index (χ3v) is 16.6. The van der Waals surface area contributed by atoms with Gasteiger partial charge < -0.3 is 24.8 Å². The number of hydrogen-bond acceptors (Lipinski definition) is 2. The molecule has 0 aliphatic heterocycles. The second kappa shape index (κ2) is 20.0. The van der Waals surface area contributed by atoms with Crippen molar-refractivity contribution in [3.63, 3.8) is 0 Å². The average molecular weight is 941 g/mol. The van der Waals surface area contributed by atoms with Crippen LogP contribution in [0.3, 0.4) is 0 Å². The third-order valence-electron chi connectivity index (χ3n) is 10.3. The fraction of sp³-hybridized carbons (Fsp3) is 0.308. The van der Waals surface area contributed by atoms with Gasteiger partial charge in [-0.2, -0.15) is 0 Å². The van der Waals surface area contributed by atoms with Crippen LogP contribution in [0.15, 0.2) is 146 Å². The predicted molar refractivity (Wildman–Crippen MR) is 246 cm³/mol. The fourth-order valence-electron chi connectivity index (χ4n) is 7.02. The van der Waals surface area contributed by atoms with E-state index in [1.807, 2.05) is 0 Å². The molecule has 0 heterocycles. The molecule has 7 heteroatoms. The van der Waals surface area contributed by atoms with Crippen molar-refractivity contribution in [1.29, 1.82) is 0 Å². The van der Waals surface area contributed by atoms with Gasteiger partial charge in [-0.1, -0.05) is 0 Å². The van der Waals surface area contributed by atoms with Gasteiger partial charge in [-0.3, -0.25) is 0 Å². The number of hydrogen-bond donors (Lipinski definition) is 0. The smallest absolute Gasteiger partial charge is 1.00 e. The van der Waals surface area contributed by atoms with Gasteiger partial charge in [0.15, 0.2) is 0 Å². The standard InChI is InChI=1S/2C26H31OP.2ClH.Zr/c2*1-25(2,3)19-17-22(26(4,5)6)24(27)23(18-19)28(20-13-9-7-10-14-20)21-15-11-8-12-16-21;;;/h2*7-18,27H,1-6H3;2*1H;/q;;;;+4/p-4. The molecule has 6 aromatic rings. The van der Waals surface area contributed by atoms with Gasteiger partial charge in [-0.25, -0.2) is 0 Å². The van der Waals surface area contributed by atoms with Crippen molar-refractivity contribution >= 4 is 47.7 Å². The SMILES string of the molecule is CC(C)(C)c1cc(P(c2ccccc2)c2ccccc2)c([O][Zr+2][O]c2c(P(c3ccccc3)c3ccccc3)cc(C(C)(C)C)cc2C(C)(C)C)c(C(C)(C)C)c1.[Cl-].[Cl-]. The largest absolute Gasteiger partial charge is 1.00 e. The van der Waals surface area contributed by atoms with Gasteiger partial charge in [0.2, 0.25) is 0 Å². The molecule has 6 aromatic carbocycles. The summed E-state index contributed by atoms with van der Waals surface area (Å²) in [6, 6.07) is 53.8. The van der Waals surface area contributed by atoms with Crippen LogP contribution in [0.2, 0.25) is 0 Å². The maximum atomic E-state index is 7.37. The van der Waals surface area contributed by atoms with Crippen molar-refractivity contribution in [2.24, 2.45) is 0 Å². The van der Waals surface area contributed by atoms with Gasteiger partial charge in [0, 0.05) is 0 Å². The molecule has 0 aliphatic rings. The van der Waals surface area contributed by atoms with Crippen LogP contribution in [0.1, 0.15) is 105 Å². The molecule has 0 aliphatic carbocycles. The van der Waals surface area contributed by atoms with E-state index in [9.17, 15) is 0 Å². The van der Waals surface area contributed by atoms with E-state index in [-0.39, 0.29) is 46.5 Å².